The maximum atomic E-state index is 13.0. The molecule has 0 spiro atoms. The zero-order valence-corrected chi connectivity index (χ0v) is 17.2. The van der Waals surface area contributed by atoms with Crippen LogP contribution in [0.3, 0.4) is 0 Å². The fourth-order valence-electron chi connectivity index (χ4n) is 2.94. The molecule has 0 aliphatic carbocycles. The van der Waals surface area contributed by atoms with Crippen LogP contribution in [0.15, 0.2) is 57.0 Å². The Morgan fingerprint density at radius 1 is 1.23 bits per heavy atom. The van der Waals surface area contributed by atoms with Crippen LogP contribution >= 0.6 is 11.8 Å². The van der Waals surface area contributed by atoms with Crippen molar-refractivity contribution in [2.75, 3.05) is 12.3 Å². The molecule has 0 fully saturated rings. The zero-order chi connectivity index (χ0) is 21.9. The van der Waals surface area contributed by atoms with Crippen LogP contribution in [-0.2, 0) is 11.3 Å². The Balaban J connectivity index is 1.85. The van der Waals surface area contributed by atoms with Crippen LogP contribution in [0.25, 0.3) is 10.9 Å². The summed E-state index contributed by atoms with van der Waals surface area (Å²) >= 11 is 0.942. The molecule has 3 rings (SSSR count). The van der Waals surface area contributed by atoms with Crippen molar-refractivity contribution in [2.24, 2.45) is 0 Å². The Hall–Kier alpha value is -2.75. The second-order valence-corrected chi connectivity index (χ2v) is 7.86. The van der Waals surface area contributed by atoms with Crippen LogP contribution in [0.4, 0.5) is 13.2 Å². The summed E-state index contributed by atoms with van der Waals surface area (Å²) in [6.07, 6.45) is -3.21. The van der Waals surface area contributed by atoms with Crippen molar-refractivity contribution in [1.82, 2.24) is 14.5 Å². The SMILES string of the molecule is CC(C)n1c(SCC(=O)N(Cc2ccco2)CC(F)(F)F)nc2ccccc2c1=O. The van der Waals surface area contributed by atoms with Gasteiger partial charge in [0.25, 0.3) is 5.56 Å². The van der Waals surface area contributed by atoms with E-state index < -0.39 is 18.6 Å². The Kier molecular flexibility index (Phi) is 6.55. The number of aromatic nitrogens is 2. The van der Waals surface area contributed by atoms with Gasteiger partial charge in [0.15, 0.2) is 5.16 Å². The molecule has 2 heterocycles. The molecular weight excluding hydrogens is 419 g/mol. The minimum atomic E-state index is -4.55. The monoisotopic (exact) mass is 439 g/mol. The summed E-state index contributed by atoms with van der Waals surface area (Å²) < 4.78 is 45.4. The van der Waals surface area contributed by atoms with E-state index in [-0.39, 0.29) is 34.8 Å². The number of amides is 1. The average Bonchev–Trinajstić information content (AvgIpc) is 3.17. The van der Waals surface area contributed by atoms with E-state index in [1.165, 1.54) is 16.9 Å². The number of nitrogens with zero attached hydrogens (tertiary/aromatic N) is 3. The molecule has 0 atom stereocenters. The lowest BCUT2D eigenvalue weighted by molar-refractivity contribution is -0.161. The van der Waals surface area contributed by atoms with Gasteiger partial charge in [0, 0.05) is 6.04 Å². The number of para-hydroxylation sites is 1. The molecular formula is C20H20F3N3O3S. The second-order valence-electron chi connectivity index (χ2n) is 6.91. The summed E-state index contributed by atoms with van der Waals surface area (Å²) in [4.78, 5) is 30.6. The van der Waals surface area contributed by atoms with Crippen molar-refractivity contribution in [1.29, 1.82) is 0 Å². The van der Waals surface area contributed by atoms with Crippen LogP contribution in [0.5, 0.6) is 0 Å². The van der Waals surface area contributed by atoms with Gasteiger partial charge in [0.1, 0.15) is 12.3 Å². The van der Waals surface area contributed by atoms with E-state index in [4.69, 9.17) is 4.42 Å². The lowest BCUT2D eigenvalue weighted by Crippen LogP contribution is -2.39. The molecule has 1 amide bonds. The van der Waals surface area contributed by atoms with Crippen LogP contribution in [0.2, 0.25) is 0 Å². The highest BCUT2D eigenvalue weighted by Crippen LogP contribution is 2.23. The fraction of sp³-hybridized carbons (Fsp3) is 0.350. The molecule has 6 nitrogen and oxygen atoms in total. The number of halogens is 3. The minimum absolute atomic E-state index is 0.235. The van der Waals surface area contributed by atoms with Crippen LogP contribution < -0.4 is 5.56 Å². The van der Waals surface area contributed by atoms with E-state index in [9.17, 15) is 22.8 Å². The number of hydrogen-bond donors (Lipinski definition) is 0. The standard InChI is InChI=1S/C20H20F3N3O3S/c1-13(2)26-18(28)15-7-3-4-8-16(15)24-19(26)30-11-17(27)25(12-20(21,22)23)10-14-6-5-9-29-14/h3-9,13H,10-12H2,1-2H3. The van der Waals surface area contributed by atoms with Gasteiger partial charge < -0.3 is 9.32 Å². The van der Waals surface area contributed by atoms with Crippen molar-refractivity contribution < 1.29 is 22.4 Å². The number of fused-ring (bicyclic) bond motifs is 1. The lowest BCUT2D eigenvalue weighted by atomic mass is 10.2. The molecule has 0 aliphatic heterocycles. The van der Waals surface area contributed by atoms with Gasteiger partial charge in [-0.25, -0.2) is 4.98 Å². The number of thioether (sulfide) groups is 1. The summed E-state index contributed by atoms with van der Waals surface area (Å²) in [5, 5.41) is 0.727. The highest BCUT2D eigenvalue weighted by atomic mass is 32.2. The van der Waals surface area contributed by atoms with Crippen molar-refractivity contribution in [3.8, 4) is 0 Å². The predicted molar refractivity (Wildman–Crippen MR) is 107 cm³/mol. The van der Waals surface area contributed by atoms with Crippen molar-refractivity contribution in [3.05, 3.63) is 58.8 Å². The Morgan fingerprint density at radius 2 is 1.97 bits per heavy atom. The molecule has 0 saturated heterocycles. The van der Waals surface area contributed by atoms with E-state index in [1.807, 2.05) is 0 Å². The summed E-state index contributed by atoms with van der Waals surface area (Å²) in [5.74, 6) is -0.777. The van der Waals surface area contributed by atoms with Crippen LogP contribution in [0.1, 0.15) is 25.6 Å². The molecule has 0 N–H and O–H groups in total. The molecule has 0 aliphatic rings. The van der Waals surface area contributed by atoms with Gasteiger partial charge in [-0.15, -0.1) is 0 Å². The third kappa shape index (κ3) is 5.24. The van der Waals surface area contributed by atoms with E-state index in [0.29, 0.717) is 15.8 Å². The quantitative estimate of drug-likeness (QED) is 0.407. The minimum Gasteiger partial charge on any atom is -0.467 e. The third-order valence-corrected chi connectivity index (χ3v) is 5.20. The summed E-state index contributed by atoms with van der Waals surface area (Å²) in [7, 11) is 0. The number of carbonyl (C=O) groups excluding carboxylic acids is 1. The van der Waals surface area contributed by atoms with E-state index >= 15 is 0 Å². The molecule has 0 radical (unpaired) electrons. The fourth-order valence-corrected chi connectivity index (χ4v) is 3.97. The first kappa shape index (κ1) is 21.9. The zero-order valence-electron chi connectivity index (χ0n) is 16.3. The predicted octanol–water partition coefficient (Wildman–Crippen LogP) is 4.25. The van der Waals surface area contributed by atoms with Gasteiger partial charge >= 0.3 is 6.18 Å². The number of rotatable bonds is 7. The maximum Gasteiger partial charge on any atom is 0.406 e. The second kappa shape index (κ2) is 8.95. The highest BCUT2D eigenvalue weighted by Gasteiger charge is 2.33. The number of carbonyl (C=O) groups is 1. The molecule has 160 valence electrons. The lowest BCUT2D eigenvalue weighted by Gasteiger charge is -2.23. The first-order valence-corrected chi connectivity index (χ1v) is 10.2. The molecule has 30 heavy (non-hydrogen) atoms. The van der Waals surface area contributed by atoms with Crippen molar-refractivity contribution in [2.45, 2.75) is 37.8 Å². The van der Waals surface area contributed by atoms with Gasteiger partial charge in [-0.1, -0.05) is 23.9 Å². The van der Waals surface area contributed by atoms with Gasteiger partial charge in [-0.05, 0) is 38.1 Å². The molecule has 10 heteroatoms. The Bertz CT molecular complexity index is 1080. The average molecular weight is 439 g/mol. The van der Waals surface area contributed by atoms with Gasteiger partial charge in [-0.2, -0.15) is 13.2 Å². The molecule has 2 aromatic heterocycles. The normalized spacial score (nSPS) is 11.9. The molecule has 0 saturated carbocycles. The molecule has 0 bridgehead atoms. The maximum absolute atomic E-state index is 13.0. The van der Waals surface area contributed by atoms with Gasteiger partial charge in [0.05, 0.1) is 29.5 Å². The van der Waals surface area contributed by atoms with E-state index in [1.54, 1.807) is 44.2 Å². The van der Waals surface area contributed by atoms with Crippen LogP contribution in [0, 0.1) is 0 Å². The topological polar surface area (TPSA) is 68.3 Å². The van der Waals surface area contributed by atoms with Crippen molar-refractivity contribution >= 4 is 28.6 Å². The largest absolute Gasteiger partial charge is 0.467 e. The Morgan fingerprint density at radius 3 is 2.60 bits per heavy atom. The first-order valence-electron chi connectivity index (χ1n) is 9.16. The van der Waals surface area contributed by atoms with Gasteiger partial charge in [0.2, 0.25) is 5.91 Å². The first-order chi connectivity index (χ1) is 14.2. The summed E-state index contributed by atoms with van der Waals surface area (Å²) in [5.41, 5.74) is 0.213. The number of benzene rings is 1. The molecule has 1 aromatic carbocycles. The number of furan rings is 1. The summed E-state index contributed by atoms with van der Waals surface area (Å²) in [6.45, 7) is 1.91. The smallest absolute Gasteiger partial charge is 0.406 e. The molecule has 0 unspecified atom stereocenters. The van der Waals surface area contributed by atoms with Crippen molar-refractivity contribution in [3.63, 3.8) is 0 Å². The Labute approximate surface area is 174 Å². The van der Waals surface area contributed by atoms with Gasteiger partial charge in [-0.3, -0.25) is 14.2 Å². The third-order valence-electron chi connectivity index (χ3n) is 4.27. The summed E-state index contributed by atoms with van der Waals surface area (Å²) in [6, 6.07) is 9.63. The molecule has 3 aromatic rings. The van der Waals surface area contributed by atoms with E-state index in [0.717, 1.165) is 11.8 Å². The number of alkyl halides is 3. The highest BCUT2D eigenvalue weighted by molar-refractivity contribution is 7.99. The van der Waals surface area contributed by atoms with E-state index in [2.05, 4.69) is 4.98 Å². The van der Waals surface area contributed by atoms with Crippen LogP contribution in [-0.4, -0.2) is 38.8 Å². The number of hydrogen-bond acceptors (Lipinski definition) is 5.